The Balaban J connectivity index is 3.14. The Morgan fingerprint density at radius 2 is 2.20 bits per heavy atom. The van der Waals surface area contributed by atoms with Crippen LogP contribution in [0.25, 0.3) is 0 Å². The average molecular weight is 285 g/mol. The highest BCUT2D eigenvalue weighted by molar-refractivity contribution is 9.10. The second-order valence-electron chi connectivity index (χ2n) is 1.73. The summed E-state index contributed by atoms with van der Waals surface area (Å²) < 4.78 is 0.918. The molecule has 54 valence electrons. The number of aromatic nitrogens is 1. The highest BCUT2D eigenvalue weighted by atomic mass is 79.9. The zero-order valence-electron chi connectivity index (χ0n) is 4.94. The van der Waals surface area contributed by atoms with Gasteiger partial charge in [0, 0.05) is 22.2 Å². The van der Waals surface area contributed by atoms with Crippen LogP contribution < -0.4 is 0 Å². The smallest absolute Gasteiger partial charge is 0.0734 e. The van der Waals surface area contributed by atoms with Crippen LogP contribution in [-0.2, 0) is 5.33 Å². The molecule has 1 heterocycles. The molecule has 0 atom stereocenters. The largest absolute Gasteiger partial charge is 0.263 e. The first kappa shape index (κ1) is 8.50. The van der Waals surface area contributed by atoms with Crippen LogP contribution >= 0.6 is 43.5 Å². The molecule has 1 aromatic rings. The molecule has 4 heteroatoms. The lowest BCUT2D eigenvalue weighted by Crippen LogP contribution is -1.82. The van der Waals surface area contributed by atoms with E-state index in [0.717, 1.165) is 15.4 Å². The van der Waals surface area contributed by atoms with Gasteiger partial charge in [-0.3, -0.25) is 4.98 Å². The Morgan fingerprint density at radius 1 is 1.50 bits per heavy atom. The molecule has 0 spiro atoms. The standard InChI is InChI=1S/C6H4Br2ClN/c7-1-4-2-10-3-5(9)6(4)8/h2-3H,1H2. The maximum atomic E-state index is 5.76. The fourth-order valence-corrected chi connectivity index (χ4v) is 1.88. The van der Waals surface area contributed by atoms with Crippen molar-refractivity contribution in [3.8, 4) is 0 Å². The van der Waals surface area contributed by atoms with Gasteiger partial charge in [-0.05, 0) is 21.5 Å². The van der Waals surface area contributed by atoms with Crippen LogP contribution in [0.5, 0.6) is 0 Å². The van der Waals surface area contributed by atoms with E-state index in [0.29, 0.717) is 5.02 Å². The third-order valence-electron chi connectivity index (χ3n) is 1.05. The van der Waals surface area contributed by atoms with Crippen molar-refractivity contribution in [1.29, 1.82) is 0 Å². The Labute approximate surface area is 81.1 Å². The van der Waals surface area contributed by atoms with E-state index in [1.165, 1.54) is 0 Å². The lowest BCUT2D eigenvalue weighted by atomic mass is 10.3. The zero-order valence-corrected chi connectivity index (χ0v) is 8.87. The summed E-state index contributed by atoms with van der Waals surface area (Å²) in [6.07, 6.45) is 3.38. The molecule has 0 unspecified atom stereocenters. The van der Waals surface area contributed by atoms with E-state index in [1.54, 1.807) is 12.4 Å². The first-order valence-corrected chi connectivity index (χ1v) is 4.88. The van der Waals surface area contributed by atoms with E-state index in [9.17, 15) is 0 Å². The minimum absolute atomic E-state index is 0.650. The third-order valence-corrected chi connectivity index (χ3v) is 3.11. The van der Waals surface area contributed by atoms with Crippen molar-refractivity contribution >= 4 is 43.5 Å². The lowest BCUT2D eigenvalue weighted by molar-refractivity contribution is 1.24. The number of rotatable bonds is 1. The van der Waals surface area contributed by atoms with Crippen LogP contribution in [0.3, 0.4) is 0 Å². The predicted molar refractivity (Wildman–Crippen MR) is 49.6 cm³/mol. The fraction of sp³-hybridized carbons (Fsp3) is 0.167. The highest BCUT2D eigenvalue weighted by Gasteiger charge is 2.01. The van der Waals surface area contributed by atoms with Crippen LogP contribution in [0, 0.1) is 0 Å². The molecule has 0 saturated carbocycles. The van der Waals surface area contributed by atoms with Gasteiger partial charge in [0.05, 0.1) is 5.02 Å². The summed E-state index contributed by atoms with van der Waals surface area (Å²) in [7, 11) is 0. The summed E-state index contributed by atoms with van der Waals surface area (Å²) in [6.45, 7) is 0. The Morgan fingerprint density at radius 3 is 2.70 bits per heavy atom. The van der Waals surface area contributed by atoms with Gasteiger partial charge in [-0.1, -0.05) is 27.5 Å². The van der Waals surface area contributed by atoms with Gasteiger partial charge in [-0.15, -0.1) is 0 Å². The number of pyridine rings is 1. The molecular weight excluding hydrogens is 281 g/mol. The molecule has 0 aromatic carbocycles. The van der Waals surface area contributed by atoms with E-state index in [2.05, 4.69) is 36.8 Å². The summed E-state index contributed by atoms with van der Waals surface area (Å²) in [5.74, 6) is 0. The third kappa shape index (κ3) is 1.71. The van der Waals surface area contributed by atoms with Crippen molar-refractivity contribution in [3.05, 3.63) is 27.5 Å². The summed E-state index contributed by atoms with van der Waals surface area (Å²) in [5.41, 5.74) is 1.06. The average Bonchev–Trinajstić information content (AvgIpc) is 1.95. The zero-order chi connectivity index (χ0) is 7.56. The van der Waals surface area contributed by atoms with E-state index in [-0.39, 0.29) is 0 Å². The lowest BCUT2D eigenvalue weighted by Gasteiger charge is -1.99. The van der Waals surface area contributed by atoms with Crippen LogP contribution in [0.2, 0.25) is 5.02 Å². The molecule has 0 radical (unpaired) electrons. The topological polar surface area (TPSA) is 12.9 Å². The Bertz CT molecular complexity index is 239. The van der Waals surface area contributed by atoms with Crippen molar-refractivity contribution in [1.82, 2.24) is 4.98 Å². The van der Waals surface area contributed by atoms with Gasteiger partial charge in [0.2, 0.25) is 0 Å². The molecule has 0 N–H and O–H groups in total. The van der Waals surface area contributed by atoms with Gasteiger partial charge in [0.1, 0.15) is 0 Å². The minimum atomic E-state index is 0.650. The molecule has 1 nitrogen and oxygen atoms in total. The second-order valence-corrected chi connectivity index (χ2v) is 3.49. The number of hydrogen-bond acceptors (Lipinski definition) is 1. The Kier molecular flexibility index (Phi) is 3.14. The van der Waals surface area contributed by atoms with Gasteiger partial charge in [-0.2, -0.15) is 0 Å². The van der Waals surface area contributed by atoms with Crippen molar-refractivity contribution in [2.45, 2.75) is 5.33 Å². The summed E-state index contributed by atoms with van der Waals surface area (Å²) in [4.78, 5) is 3.92. The van der Waals surface area contributed by atoms with Crippen LogP contribution in [0.1, 0.15) is 5.56 Å². The van der Waals surface area contributed by atoms with E-state index < -0.39 is 0 Å². The van der Waals surface area contributed by atoms with E-state index in [1.807, 2.05) is 0 Å². The number of hydrogen-bond donors (Lipinski definition) is 0. The molecular formula is C6H4Br2ClN. The number of nitrogens with zero attached hydrogens (tertiary/aromatic N) is 1. The number of halogens is 3. The van der Waals surface area contributed by atoms with Gasteiger partial charge in [-0.25, -0.2) is 0 Å². The van der Waals surface area contributed by atoms with Crippen molar-refractivity contribution < 1.29 is 0 Å². The normalized spacial score (nSPS) is 9.90. The molecule has 1 aromatic heterocycles. The SMILES string of the molecule is Clc1cncc(CBr)c1Br. The molecule has 0 amide bonds. The van der Waals surface area contributed by atoms with E-state index >= 15 is 0 Å². The predicted octanol–water partition coefficient (Wildman–Crippen LogP) is 3.39. The molecule has 10 heavy (non-hydrogen) atoms. The fourth-order valence-electron chi connectivity index (χ4n) is 0.553. The van der Waals surface area contributed by atoms with Crippen molar-refractivity contribution in [3.63, 3.8) is 0 Å². The minimum Gasteiger partial charge on any atom is -0.263 e. The highest BCUT2D eigenvalue weighted by Crippen LogP contribution is 2.25. The summed E-state index contributed by atoms with van der Waals surface area (Å²) >= 11 is 12.4. The summed E-state index contributed by atoms with van der Waals surface area (Å²) in [6, 6.07) is 0. The molecule has 0 fully saturated rings. The molecule has 0 bridgehead atoms. The Hall–Kier alpha value is 0.400. The molecule has 0 aliphatic carbocycles. The van der Waals surface area contributed by atoms with Crippen LogP contribution in [-0.4, -0.2) is 4.98 Å². The first-order valence-electron chi connectivity index (χ1n) is 2.59. The molecule has 0 saturated heterocycles. The maximum absolute atomic E-state index is 5.76. The first-order chi connectivity index (χ1) is 4.75. The molecule has 1 rings (SSSR count). The maximum Gasteiger partial charge on any atom is 0.0734 e. The quantitative estimate of drug-likeness (QED) is 0.721. The monoisotopic (exact) mass is 283 g/mol. The molecule has 0 aliphatic rings. The molecule has 0 aliphatic heterocycles. The van der Waals surface area contributed by atoms with Crippen molar-refractivity contribution in [2.24, 2.45) is 0 Å². The second kappa shape index (κ2) is 3.69. The van der Waals surface area contributed by atoms with Crippen LogP contribution in [0.4, 0.5) is 0 Å². The van der Waals surface area contributed by atoms with Crippen molar-refractivity contribution in [2.75, 3.05) is 0 Å². The van der Waals surface area contributed by atoms with Crippen LogP contribution in [0.15, 0.2) is 16.9 Å². The van der Waals surface area contributed by atoms with Gasteiger partial charge >= 0.3 is 0 Å². The van der Waals surface area contributed by atoms with Gasteiger partial charge in [0.25, 0.3) is 0 Å². The number of alkyl halides is 1. The van der Waals surface area contributed by atoms with Gasteiger partial charge < -0.3 is 0 Å². The van der Waals surface area contributed by atoms with Gasteiger partial charge in [0.15, 0.2) is 0 Å². The van der Waals surface area contributed by atoms with E-state index in [4.69, 9.17) is 11.6 Å². The summed E-state index contributed by atoms with van der Waals surface area (Å²) in [5, 5.41) is 1.41.